The number of amides is 1. The van der Waals surface area contributed by atoms with Crippen LogP contribution in [-0.4, -0.2) is 54.3 Å². The molecular weight excluding hydrogens is 316 g/mol. The third-order valence-corrected chi connectivity index (χ3v) is 4.18. The summed E-state index contributed by atoms with van der Waals surface area (Å²) >= 11 is 0. The molecule has 0 heterocycles. The van der Waals surface area contributed by atoms with E-state index in [-0.39, 0.29) is 24.0 Å². The lowest BCUT2D eigenvalue weighted by molar-refractivity contribution is -0.134. The molecule has 2 rings (SSSR count). The second kappa shape index (κ2) is 7.94. The summed E-state index contributed by atoms with van der Waals surface area (Å²) in [6.07, 6.45) is 0. The zero-order valence-electron chi connectivity index (χ0n) is 15.1. The van der Waals surface area contributed by atoms with Crippen molar-refractivity contribution in [2.24, 2.45) is 0 Å². The summed E-state index contributed by atoms with van der Waals surface area (Å²) in [5.74, 6) is -0.197. The SMILES string of the molecule is Cc1ccccc1[C@@H](C(=O)N(C)CC(=O)c1ccc(O)cc1)N(C)C. The van der Waals surface area contributed by atoms with E-state index in [1.54, 1.807) is 19.2 Å². The van der Waals surface area contributed by atoms with Gasteiger partial charge in [-0.3, -0.25) is 14.5 Å². The van der Waals surface area contributed by atoms with Crippen molar-refractivity contribution in [2.75, 3.05) is 27.7 Å². The highest BCUT2D eigenvalue weighted by Crippen LogP contribution is 2.24. The third kappa shape index (κ3) is 4.45. The van der Waals surface area contributed by atoms with Crippen LogP contribution in [0.2, 0.25) is 0 Å². The summed E-state index contributed by atoms with van der Waals surface area (Å²) in [4.78, 5) is 28.6. The number of carbonyl (C=O) groups excluding carboxylic acids is 2. The number of phenols is 1. The maximum atomic E-state index is 13.0. The van der Waals surface area contributed by atoms with E-state index in [1.807, 2.05) is 50.2 Å². The van der Waals surface area contributed by atoms with E-state index in [4.69, 9.17) is 0 Å². The number of benzene rings is 2. The van der Waals surface area contributed by atoms with Gasteiger partial charge < -0.3 is 10.0 Å². The lowest BCUT2D eigenvalue weighted by Crippen LogP contribution is -2.41. The predicted octanol–water partition coefficient (Wildman–Crippen LogP) is 2.64. The Morgan fingerprint density at radius 2 is 1.60 bits per heavy atom. The Morgan fingerprint density at radius 3 is 2.16 bits per heavy atom. The van der Waals surface area contributed by atoms with Crippen LogP contribution < -0.4 is 0 Å². The Morgan fingerprint density at radius 1 is 1.00 bits per heavy atom. The topological polar surface area (TPSA) is 60.9 Å². The number of likely N-dealkylation sites (N-methyl/N-ethyl adjacent to an activating group) is 2. The summed E-state index contributed by atoms with van der Waals surface area (Å²) in [6, 6.07) is 13.4. The maximum Gasteiger partial charge on any atom is 0.244 e. The normalized spacial score (nSPS) is 12.0. The lowest BCUT2D eigenvalue weighted by Gasteiger charge is -2.29. The number of phenolic OH excluding ortho intramolecular Hbond substituents is 1. The van der Waals surface area contributed by atoms with E-state index < -0.39 is 6.04 Å². The molecule has 0 aromatic heterocycles. The molecule has 0 bridgehead atoms. The monoisotopic (exact) mass is 340 g/mol. The number of Topliss-reactive ketones (excluding diaryl/α,β-unsaturated/α-hetero) is 1. The molecule has 0 aliphatic carbocycles. The van der Waals surface area contributed by atoms with Crippen LogP contribution >= 0.6 is 0 Å². The van der Waals surface area contributed by atoms with Gasteiger partial charge >= 0.3 is 0 Å². The predicted molar refractivity (Wildman–Crippen MR) is 97.7 cm³/mol. The molecule has 2 aromatic rings. The molecule has 0 saturated heterocycles. The first-order valence-electron chi connectivity index (χ1n) is 8.10. The summed E-state index contributed by atoms with van der Waals surface area (Å²) in [5, 5.41) is 9.31. The largest absolute Gasteiger partial charge is 0.508 e. The fourth-order valence-electron chi connectivity index (χ4n) is 2.77. The molecule has 1 N–H and O–H groups in total. The highest BCUT2D eigenvalue weighted by molar-refractivity contribution is 5.99. The second-order valence-electron chi connectivity index (χ2n) is 6.39. The van der Waals surface area contributed by atoms with Gasteiger partial charge in [0.1, 0.15) is 11.8 Å². The number of carbonyl (C=O) groups is 2. The summed E-state index contributed by atoms with van der Waals surface area (Å²) in [7, 11) is 5.34. The van der Waals surface area contributed by atoms with Crippen LogP contribution in [0.25, 0.3) is 0 Å². The van der Waals surface area contributed by atoms with E-state index in [1.165, 1.54) is 17.0 Å². The molecule has 0 aliphatic heterocycles. The minimum atomic E-state index is -0.446. The molecule has 1 amide bonds. The Balaban J connectivity index is 2.17. The van der Waals surface area contributed by atoms with Crippen LogP contribution in [0.4, 0.5) is 0 Å². The molecule has 5 nitrogen and oxygen atoms in total. The molecule has 1 atom stereocenters. The molecule has 5 heteroatoms. The van der Waals surface area contributed by atoms with Gasteiger partial charge in [-0.15, -0.1) is 0 Å². The van der Waals surface area contributed by atoms with Gasteiger partial charge in [0.15, 0.2) is 5.78 Å². The minimum absolute atomic E-state index is 0.0141. The highest BCUT2D eigenvalue weighted by atomic mass is 16.3. The van der Waals surface area contributed by atoms with Gasteiger partial charge in [-0.25, -0.2) is 0 Å². The highest BCUT2D eigenvalue weighted by Gasteiger charge is 2.28. The molecule has 0 spiro atoms. The average molecular weight is 340 g/mol. The molecule has 2 aromatic carbocycles. The Kier molecular flexibility index (Phi) is 5.93. The number of aromatic hydroxyl groups is 1. The van der Waals surface area contributed by atoms with Crippen LogP contribution in [0, 0.1) is 6.92 Å². The zero-order valence-corrected chi connectivity index (χ0v) is 15.1. The van der Waals surface area contributed by atoms with Crippen molar-refractivity contribution in [1.82, 2.24) is 9.80 Å². The molecule has 0 fully saturated rings. The van der Waals surface area contributed by atoms with Gasteiger partial charge in [-0.05, 0) is 56.4 Å². The van der Waals surface area contributed by atoms with Crippen LogP contribution in [0.1, 0.15) is 27.5 Å². The molecule has 0 unspecified atom stereocenters. The van der Waals surface area contributed by atoms with Crippen molar-refractivity contribution in [2.45, 2.75) is 13.0 Å². The van der Waals surface area contributed by atoms with Crippen molar-refractivity contribution < 1.29 is 14.7 Å². The van der Waals surface area contributed by atoms with Gasteiger partial charge in [0.25, 0.3) is 0 Å². The fourth-order valence-corrected chi connectivity index (χ4v) is 2.77. The average Bonchev–Trinajstić information content (AvgIpc) is 2.56. The quantitative estimate of drug-likeness (QED) is 0.821. The van der Waals surface area contributed by atoms with E-state index >= 15 is 0 Å². The second-order valence-corrected chi connectivity index (χ2v) is 6.39. The number of aryl methyl sites for hydroxylation is 1. The van der Waals surface area contributed by atoms with Crippen molar-refractivity contribution in [1.29, 1.82) is 0 Å². The third-order valence-electron chi connectivity index (χ3n) is 4.18. The van der Waals surface area contributed by atoms with Crippen LogP contribution in [0.5, 0.6) is 5.75 Å². The summed E-state index contributed by atoms with van der Waals surface area (Å²) < 4.78 is 0. The van der Waals surface area contributed by atoms with Crippen molar-refractivity contribution >= 4 is 11.7 Å². The van der Waals surface area contributed by atoms with E-state index in [0.717, 1.165) is 11.1 Å². The number of rotatable bonds is 6. The van der Waals surface area contributed by atoms with Crippen LogP contribution in [0.15, 0.2) is 48.5 Å². The summed E-state index contributed by atoms with van der Waals surface area (Å²) in [6.45, 7) is 1.96. The van der Waals surface area contributed by atoms with Crippen molar-refractivity contribution in [3.05, 3.63) is 65.2 Å². The van der Waals surface area contributed by atoms with Gasteiger partial charge in [0.2, 0.25) is 5.91 Å². The lowest BCUT2D eigenvalue weighted by atomic mass is 9.99. The fraction of sp³-hybridized carbons (Fsp3) is 0.300. The molecule has 25 heavy (non-hydrogen) atoms. The van der Waals surface area contributed by atoms with E-state index in [2.05, 4.69) is 0 Å². The first-order valence-corrected chi connectivity index (χ1v) is 8.10. The van der Waals surface area contributed by atoms with Gasteiger partial charge in [-0.1, -0.05) is 24.3 Å². The van der Waals surface area contributed by atoms with Gasteiger partial charge in [0.05, 0.1) is 6.54 Å². The van der Waals surface area contributed by atoms with E-state index in [9.17, 15) is 14.7 Å². The van der Waals surface area contributed by atoms with Crippen molar-refractivity contribution in [3.8, 4) is 5.75 Å². The van der Waals surface area contributed by atoms with Crippen molar-refractivity contribution in [3.63, 3.8) is 0 Å². The van der Waals surface area contributed by atoms with E-state index in [0.29, 0.717) is 5.56 Å². The first kappa shape index (κ1) is 18.7. The van der Waals surface area contributed by atoms with Gasteiger partial charge in [-0.2, -0.15) is 0 Å². The number of hydrogen-bond donors (Lipinski definition) is 1. The number of ketones is 1. The Bertz CT molecular complexity index is 754. The molecule has 0 aliphatic rings. The smallest absolute Gasteiger partial charge is 0.244 e. The summed E-state index contributed by atoms with van der Waals surface area (Å²) in [5.41, 5.74) is 2.43. The zero-order chi connectivity index (χ0) is 18.6. The minimum Gasteiger partial charge on any atom is -0.508 e. The Hall–Kier alpha value is -2.66. The van der Waals surface area contributed by atoms with Crippen LogP contribution in [0.3, 0.4) is 0 Å². The van der Waals surface area contributed by atoms with Gasteiger partial charge in [0, 0.05) is 12.6 Å². The number of hydrogen-bond acceptors (Lipinski definition) is 4. The molecular formula is C20H24N2O3. The molecule has 0 saturated carbocycles. The molecule has 0 radical (unpaired) electrons. The maximum absolute atomic E-state index is 13.0. The number of nitrogens with zero attached hydrogens (tertiary/aromatic N) is 2. The molecule has 132 valence electrons. The standard InChI is InChI=1S/C20H24N2O3/c1-14-7-5-6-8-17(14)19(21(2)3)20(25)22(4)13-18(24)15-9-11-16(23)12-10-15/h5-12,19,23H,13H2,1-4H3/t19-/m0/s1. The Labute approximate surface area is 148 Å². The first-order chi connectivity index (χ1) is 11.8. The van der Waals surface area contributed by atoms with Crippen LogP contribution in [-0.2, 0) is 4.79 Å².